The lowest BCUT2D eigenvalue weighted by atomic mass is 9.83. The number of anilines is 2. The van der Waals surface area contributed by atoms with E-state index in [0.29, 0.717) is 40.1 Å². The van der Waals surface area contributed by atoms with Gasteiger partial charge in [0.25, 0.3) is 0 Å². The summed E-state index contributed by atoms with van der Waals surface area (Å²) in [7, 11) is 4.72. The standard InChI is InChI=1S/C28H29ClN2O5/c1-17-15-24(25(36-4)16-23(17)29)30-28(33)22-13-14-26(32)31(19-7-11-21(35-3)12-8-19)27(22)18-5-9-20(34-2)10-6-18/h5-12,15-16,22,27H,13-14H2,1-4H3,(H,30,33). The molecule has 8 heteroatoms. The molecule has 188 valence electrons. The molecule has 1 fully saturated rings. The Morgan fingerprint density at radius 3 is 2.14 bits per heavy atom. The molecular formula is C28H29ClN2O5. The lowest BCUT2D eigenvalue weighted by Gasteiger charge is -2.41. The molecule has 2 amide bonds. The molecule has 4 rings (SSSR count). The number of hydrogen-bond acceptors (Lipinski definition) is 5. The van der Waals surface area contributed by atoms with Gasteiger partial charge in [-0.15, -0.1) is 0 Å². The van der Waals surface area contributed by atoms with Gasteiger partial charge in [-0.1, -0.05) is 23.7 Å². The molecule has 1 saturated heterocycles. The summed E-state index contributed by atoms with van der Waals surface area (Å²) in [5.41, 5.74) is 2.88. The van der Waals surface area contributed by atoms with E-state index in [-0.39, 0.29) is 18.2 Å². The topological polar surface area (TPSA) is 77.1 Å². The fourth-order valence-corrected chi connectivity index (χ4v) is 4.71. The van der Waals surface area contributed by atoms with Crippen molar-refractivity contribution in [1.82, 2.24) is 0 Å². The van der Waals surface area contributed by atoms with Gasteiger partial charge in [-0.25, -0.2) is 0 Å². The van der Waals surface area contributed by atoms with Gasteiger partial charge in [-0.3, -0.25) is 9.59 Å². The fraction of sp³-hybridized carbons (Fsp3) is 0.286. The molecule has 2 unspecified atom stereocenters. The third kappa shape index (κ3) is 5.11. The summed E-state index contributed by atoms with van der Waals surface area (Å²) in [6.45, 7) is 1.86. The minimum atomic E-state index is -0.523. The molecule has 0 bridgehead atoms. The maximum atomic E-state index is 13.7. The van der Waals surface area contributed by atoms with E-state index in [0.717, 1.165) is 11.1 Å². The van der Waals surface area contributed by atoms with E-state index >= 15 is 0 Å². The highest BCUT2D eigenvalue weighted by Gasteiger charge is 2.41. The van der Waals surface area contributed by atoms with Gasteiger partial charge >= 0.3 is 0 Å². The van der Waals surface area contributed by atoms with Crippen LogP contribution in [0.3, 0.4) is 0 Å². The monoisotopic (exact) mass is 508 g/mol. The van der Waals surface area contributed by atoms with Crippen molar-refractivity contribution in [3.63, 3.8) is 0 Å². The number of ether oxygens (including phenoxy) is 3. The van der Waals surface area contributed by atoms with E-state index in [4.69, 9.17) is 25.8 Å². The van der Waals surface area contributed by atoms with E-state index in [2.05, 4.69) is 5.32 Å². The van der Waals surface area contributed by atoms with Crippen molar-refractivity contribution in [2.24, 2.45) is 5.92 Å². The van der Waals surface area contributed by atoms with Crippen LogP contribution in [0.5, 0.6) is 17.2 Å². The summed E-state index contributed by atoms with van der Waals surface area (Å²) in [5, 5.41) is 3.57. The first-order valence-corrected chi connectivity index (χ1v) is 12.0. The quantitative estimate of drug-likeness (QED) is 0.436. The van der Waals surface area contributed by atoms with E-state index in [1.54, 1.807) is 43.4 Å². The predicted molar refractivity (Wildman–Crippen MR) is 140 cm³/mol. The van der Waals surface area contributed by atoms with Crippen LogP contribution < -0.4 is 24.4 Å². The number of rotatable bonds is 7. The molecule has 0 aliphatic carbocycles. The van der Waals surface area contributed by atoms with E-state index < -0.39 is 12.0 Å². The average Bonchev–Trinajstić information content (AvgIpc) is 2.90. The van der Waals surface area contributed by atoms with Crippen LogP contribution in [0.2, 0.25) is 5.02 Å². The number of benzene rings is 3. The van der Waals surface area contributed by atoms with Crippen LogP contribution in [0.1, 0.15) is 30.0 Å². The number of halogens is 1. The average molecular weight is 509 g/mol. The van der Waals surface area contributed by atoms with Gasteiger partial charge in [0.15, 0.2) is 0 Å². The minimum absolute atomic E-state index is 0.0510. The third-order valence-corrected chi connectivity index (χ3v) is 6.89. The number of aryl methyl sites for hydroxylation is 1. The largest absolute Gasteiger partial charge is 0.497 e. The zero-order chi connectivity index (χ0) is 25.8. The Morgan fingerprint density at radius 2 is 1.56 bits per heavy atom. The van der Waals surface area contributed by atoms with Crippen LogP contribution in [-0.2, 0) is 9.59 Å². The van der Waals surface area contributed by atoms with Crippen LogP contribution in [-0.4, -0.2) is 33.1 Å². The normalized spacial score (nSPS) is 17.5. The predicted octanol–water partition coefficient (Wildman–Crippen LogP) is 5.80. The first-order valence-electron chi connectivity index (χ1n) is 11.6. The first-order chi connectivity index (χ1) is 17.4. The number of nitrogens with one attached hydrogen (secondary N) is 1. The van der Waals surface area contributed by atoms with Crippen LogP contribution in [0.4, 0.5) is 11.4 Å². The zero-order valence-electron chi connectivity index (χ0n) is 20.7. The number of amides is 2. The molecule has 1 aliphatic heterocycles. The van der Waals surface area contributed by atoms with Crippen LogP contribution >= 0.6 is 11.6 Å². The maximum Gasteiger partial charge on any atom is 0.230 e. The Bertz CT molecular complexity index is 1240. The lowest BCUT2D eigenvalue weighted by molar-refractivity contribution is -0.125. The molecule has 0 spiro atoms. The molecule has 0 aromatic heterocycles. The van der Waals surface area contributed by atoms with E-state index in [9.17, 15) is 9.59 Å². The Labute approximate surface area is 215 Å². The number of carbonyl (C=O) groups excluding carboxylic acids is 2. The minimum Gasteiger partial charge on any atom is -0.497 e. The Hall–Kier alpha value is -3.71. The van der Waals surface area contributed by atoms with Gasteiger partial charge in [0, 0.05) is 23.2 Å². The van der Waals surface area contributed by atoms with Gasteiger partial charge in [0.2, 0.25) is 11.8 Å². The summed E-state index contributed by atoms with van der Waals surface area (Å²) in [4.78, 5) is 28.7. The fourth-order valence-electron chi connectivity index (χ4n) is 4.55. The summed E-state index contributed by atoms with van der Waals surface area (Å²) < 4.78 is 16.0. The maximum absolute atomic E-state index is 13.7. The lowest BCUT2D eigenvalue weighted by Crippen LogP contribution is -2.47. The summed E-state index contributed by atoms with van der Waals surface area (Å²) in [6.07, 6.45) is 0.649. The van der Waals surface area contributed by atoms with Gasteiger partial charge in [0.05, 0.1) is 39.0 Å². The number of methoxy groups -OCH3 is 3. The molecule has 3 aromatic rings. The van der Waals surface area contributed by atoms with E-state index in [1.165, 1.54) is 7.11 Å². The SMILES string of the molecule is COc1ccc(C2C(C(=O)Nc3cc(C)c(Cl)cc3OC)CCC(=O)N2c2ccc(OC)cc2)cc1. The summed E-state index contributed by atoms with van der Waals surface area (Å²) in [5.74, 6) is 1.08. The van der Waals surface area contributed by atoms with Crippen molar-refractivity contribution in [1.29, 1.82) is 0 Å². The molecule has 3 aromatic carbocycles. The first kappa shape index (κ1) is 25.4. The third-order valence-electron chi connectivity index (χ3n) is 6.48. The van der Waals surface area contributed by atoms with Gasteiger partial charge < -0.3 is 24.4 Å². The van der Waals surface area contributed by atoms with Crippen LogP contribution in [0.15, 0.2) is 60.7 Å². The Kier molecular flexibility index (Phi) is 7.70. The molecule has 1 N–H and O–H groups in total. The molecule has 0 radical (unpaired) electrons. The van der Waals surface area contributed by atoms with Gasteiger partial charge in [-0.05, 0) is 66.9 Å². The number of hydrogen-bond donors (Lipinski definition) is 1. The van der Waals surface area contributed by atoms with Crippen molar-refractivity contribution >= 4 is 34.8 Å². The van der Waals surface area contributed by atoms with Gasteiger partial charge in [0.1, 0.15) is 17.2 Å². The number of piperidine rings is 1. The molecule has 2 atom stereocenters. The highest BCUT2D eigenvalue weighted by molar-refractivity contribution is 6.31. The van der Waals surface area contributed by atoms with Crippen molar-refractivity contribution < 1.29 is 23.8 Å². The smallest absolute Gasteiger partial charge is 0.230 e. The molecule has 7 nitrogen and oxygen atoms in total. The number of nitrogens with zero attached hydrogens (tertiary/aromatic N) is 1. The summed E-state index contributed by atoms with van der Waals surface area (Å²) in [6, 6.07) is 17.7. The molecular weight excluding hydrogens is 480 g/mol. The van der Waals surface area contributed by atoms with Crippen LogP contribution in [0, 0.1) is 12.8 Å². The van der Waals surface area contributed by atoms with Crippen LogP contribution in [0.25, 0.3) is 0 Å². The molecule has 1 heterocycles. The second kappa shape index (κ2) is 10.9. The Balaban J connectivity index is 1.75. The molecule has 1 aliphatic rings. The zero-order valence-corrected chi connectivity index (χ0v) is 21.5. The highest BCUT2D eigenvalue weighted by atomic mass is 35.5. The number of carbonyl (C=O) groups is 2. The second-order valence-electron chi connectivity index (χ2n) is 8.62. The Morgan fingerprint density at radius 1 is 0.944 bits per heavy atom. The van der Waals surface area contributed by atoms with Gasteiger partial charge in [-0.2, -0.15) is 0 Å². The van der Waals surface area contributed by atoms with Crippen molar-refractivity contribution in [2.75, 3.05) is 31.5 Å². The molecule has 0 saturated carbocycles. The second-order valence-corrected chi connectivity index (χ2v) is 9.02. The molecule has 36 heavy (non-hydrogen) atoms. The summed E-state index contributed by atoms with van der Waals surface area (Å²) >= 11 is 6.25. The van der Waals surface area contributed by atoms with E-state index in [1.807, 2.05) is 43.3 Å². The highest BCUT2D eigenvalue weighted by Crippen LogP contribution is 2.42. The van der Waals surface area contributed by atoms with Crippen molar-refractivity contribution in [2.45, 2.75) is 25.8 Å². The van der Waals surface area contributed by atoms with Crippen molar-refractivity contribution in [3.05, 3.63) is 76.8 Å². The van der Waals surface area contributed by atoms with Crippen molar-refractivity contribution in [3.8, 4) is 17.2 Å².